The molecule has 0 bridgehead atoms. The second-order valence-corrected chi connectivity index (χ2v) is 5.42. The Morgan fingerprint density at radius 2 is 2.22 bits per heavy atom. The molecular formula is C12H20N2O3S. The Kier molecular flexibility index (Phi) is 5.84. The van der Waals surface area contributed by atoms with E-state index >= 15 is 0 Å². The van der Waals surface area contributed by atoms with Crippen LogP contribution in [0, 0.1) is 6.92 Å². The minimum absolute atomic E-state index is 0.0698. The molecule has 0 aliphatic carbocycles. The van der Waals surface area contributed by atoms with Gasteiger partial charge in [0.25, 0.3) is 0 Å². The zero-order chi connectivity index (χ0) is 13.7. The normalized spacial score (nSPS) is 14.5. The number of carbonyl (C=O) groups is 1. The van der Waals surface area contributed by atoms with Crippen LogP contribution in [0.25, 0.3) is 0 Å². The number of aliphatic hydroxyl groups excluding tert-OH is 2. The van der Waals surface area contributed by atoms with Gasteiger partial charge in [0.1, 0.15) is 6.10 Å². The van der Waals surface area contributed by atoms with Gasteiger partial charge in [-0.2, -0.15) is 5.10 Å². The standard InChI is InChI=1S/C12H20N2O3S/c1-4-5-14-8(2)10(6-13-14)12(17)11(16)7-18-9(3)15/h6,11-12,16-17H,4-5,7H2,1-3H3. The van der Waals surface area contributed by atoms with Crippen LogP contribution in [-0.2, 0) is 11.3 Å². The maximum Gasteiger partial charge on any atom is 0.185 e. The highest BCUT2D eigenvalue weighted by Crippen LogP contribution is 2.23. The SMILES string of the molecule is CCCn1ncc(C(O)C(O)CSC(C)=O)c1C. The van der Waals surface area contributed by atoms with Crippen molar-refractivity contribution in [1.82, 2.24) is 9.78 Å². The van der Waals surface area contributed by atoms with Crippen LogP contribution in [0.2, 0.25) is 0 Å². The number of rotatable bonds is 6. The van der Waals surface area contributed by atoms with Crippen LogP contribution in [0.5, 0.6) is 0 Å². The number of thioether (sulfide) groups is 1. The van der Waals surface area contributed by atoms with Gasteiger partial charge >= 0.3 is 0 Å². The first-order chi connectivity index (χ1) is 8.47. The van der Waals surface area contributed by atoms with Crippen molar-refractivity contribution in [3.63, 3.8) is 0 Å². The summed E-state index contributed by atoms with van der Waals surface area (Å²) in [6.07, 6.45) is 0.581. The molecule has 1 heterocycles. The summed E-state index contributed by atoms with van der Waals surface area (Å²) >= 11 is 1.01. The summed E-state index contributed by atoms with van der Waals surface area (Å²) in [5, 5.41) is 24.0. The number of aromatic nitrogens is 2. The second kappa shape index (κ2) is 6.92. The Labute approximate surface area is 111 Å². The fraction of sp³-hybridized carbons (Fsp3) is 0.667. The van der Waals surface area contributed by atoms with Crippen molar-refractivity contribution < 1.29 is 15.0 Å². The molecule has 0 fully saturated rings. The van der Waals surface area contributed by atoms with Crippen LogP contribution in [0.15, 0.2) is 6.20 Å². The van der Waals surface area contributed by atoms with Crippen molar-refractivity contribution >= 4 is 16.9 Å². The van der Waals surface area contributed by atoms with E-state index in [4.69, 9.17) is 0 Å². The maximum atomic E-state index is 10.8. The van der Waals surface area contributed by atoms with Crippen LogP contribution in [0.4, 0.5) is 0 Å². The van der Waals surface area contributed by atoms with E-state index < -0.39 is 12.2 Å². The van der Waals surface area contributed by atoms with Gasteiger partial charge in [-0.05, 0) is 13.3 Å². The van der Waals surface area contributed by atoms with Gasteiger partial charge < -0.3 is 10.2 Å². The fourth-order valence-corrected chi connectivity index (χ4v) is 2.28. The van der Waals surface area contributed by atoms with Crippen molar-refractivity contribution in [2.45, 2.75) is 45.9 Å². The third-order valence-corrected chi connectivity index (χ3v) is 3.63. The van der Waals surface area contributed by atoms with Gasteiger partial charge in [-0.15, -0.1) is 0 Å². The minimum atomic E-state index is -0.998. The molecule has 2 atom stereocenters. The predicted molar refractivity (Wildman–Crippen MR) is 71.4 cm³/mol. The molecule has 18 heavy (non-hydrogen) atoms. The molecule has 1 aromatic rings. The van der Waals surface area contributed by atoms with Crippen molar-refractivity contribution in [1.29, 1.82) is 0 Å². The Morgan fingerprint density at radius 3 is 2.78 bits per heavy atom. The Hall–Kier alpha value is -0.850. The van der Waals surface area contributed by atoms with Crippen molar-refractivity contribution in [3.05, 3.63) is 17.5 Å². The molecule has 6 heteroatoms. The smallest absolute Gasteiger partial charge is 0.185 e. The molecule has 0 saturated carbocycles. The molecule has 1 rings (SSSR count). The van der Waals surface area contributed by atoms with E-state index in [1.807, 2.05) is 11.6 Å². The summed E-state index contributed by atoms with van der Waals surface area (Å²) in [6.45, 7) is 6.15. The molecule has 2 unspecified atom stereocenters. The molecule has 0 aliphatic rings. The zero-order valence-corrected chi connectivity index (χ0v) is 11.8. The third-order valence-electron chi connectivity index (χ3n) is 2.72. The first kappa shape index (κ1) is 15.2. The molecule has 0 spiro atoms. The topological polar surface area (TPSA) is 75.3 Å². The highest BCUT2D eigenvalue weighted by Gasteiger charge is 2.23. The number of aryl methyl sites for hydroxylation is 1. The van der Waals surface area contributed by atoms with Crippen molar-refractivity contribution in [2.75, 3.05) is 5.75 Å². The number of hydrogen-bond donors (Lipinski definition) is 2. The predicted octanol–water partition coefficient (Wildman–Crippen LogP) is 1.28. The number of carbonyl (C=O) groups excluding carboxylic acids is 1. The molecule has 102 valence electrons. The number of aliphatic hydroxyl groups is 2. The Morgan fingerprint density at radius 1 is 1.56 bits per heavy atom. The minimum Gasteiger partial charge on any atom is -0.389 e. The van der Waals surface area contributed by atoms with Gasteiger partial charge in [0.2, 0.25) is 0 Å². The Balaban J connectivity index is 2.70. The van der Waals surface area contributed by atoms with Crippen molar-refractivity contribution in [2.24, 2.45) is 0 Å². The van der Waals surface area contributed by atoms with Gasteiger partial charge in [0.05, 0.1) is 12.3 Å². The van der Waals surface area contributed by atoms with Gasteiger partial charge in [-0.3, -0.25) is 9.48 Å². The summed E-state index contributed by atoms with van der Waals surface area (Å²) in [6, 6.07) is 0. The van der Waals surface area contributed by atoms with E-state index in [1.54, 1.807) is 6.20 Å². The zero-order valence-electron chi connectivity index (χ0n) is 11.0. The first-order valence-corrected chi connectivity index (χ1v) is 6.97. The lowest BCUT2D eigenvalue weighted by molar-refractivity contribution is -0.109. The molecule has 1 aromatic heterocycles. The van der Waals surface area contributed by atoms with Crippen LogP contribution < -0.4 is 0 Å². The van der Waals surface area contributed by atoms with Gasteiger partial charge in [0, 0.05) is 30.5 Å². The quantitative estimate of drug-likeness (QED) is 0.816. The van der Waals surface area contributed by atoms with Crippen LogP contribution in [0.1, 0.15) is 37.6 Å². The molecule has 0 radical (unpaired) electrons. The van der Waals surface area contributed by atoms with E-state index in [-0.39, 0.29) is 10.9 Å². The molecule has 0 saturated heterocycles. The van der Waals surface area contributed by atoms with Crippen LogP contribution in [0.3, 0.4) is 0 Å². The Bertz CT molecular complexity index is 406. The lowest BCUT2D eigenvalue weighted by Gasteiger charge is -2.16. The van der Waals surface area contributed by atoms with Crippen LogP contribution >= 0.6 is 11.8 Å². The van der Waals surface area contributed by atoms with Gasteiger partial charge in [-0.1, -0.05) is 18.7 Å². The summed E-state index contributed by atoms with van der Waals surface area (Å²) in [5.74, 6) is 0.189. The molecule has 0 amide bonds. The summed E-state index contributed by atoms with van der Waals surface area (Å²) in [4.78, 5) is 10.8. The maximum absolute atomic E-state index is 10.8. The molecule has 5 nitrogen and oxygen atoms in total. The fourth-order valence-electron chi connectivity index (χ4n) is 1.69. The van der Waals surface area contributed by atoms with Crippen LogP contribution in [-0.4, -0.2) is 37.0 Å². The highest BCUT2D eigenvalue weighted by atomic mass is 32.2. The van der Waals surface area contributed by atoms with E-state index in [2.05, 4.69) is 12.0 Å². The lowest BCUT2D eigenvalue weighted by Crippen LogP contribution is -2.22. The summed E-state index contributed by atoms with van der Waals surface area (Å²) in [5.41, 5.74) is 1.48. The molecule has 2 N–H and O–H groups in total. The largest absolute Gasteiger partial charge is 0.389 e. The average molecular weight is 272 g/mol. The summed E-state index contributed by atoms with van der Waals surface area (Å²) in [7, 11) is 0. The highest BCUT2D eigenvalue weighted by molar-refractivity contribution is 8.13. The van der Waals surface area contributed by atoms with E-state index in [0.29, 0.717) is 5.56 Å². The van der Waals surface area contributed by atoms with Crippen molar-refractivity contribution in [3.8, 4) is 0 Å². The van der Waals surface area contributed by atoms with Gasteiger partial charge in [-0.25, -0.2) is 0 Å². The summed E-state index contributed by atoms with van der Waals surface area (Å²) < 4.78 is 1.81. The van der Waals surface area contributed by atoms with Gasteiger partial charge in [0.15, 0.2) is 5.12 Å². The third kappa shape index (κ3) is 3.83. The van der Waals surface area contributed by atoms with E-state index in [9.17, 15) is 15.0 Å². The molecular weight excluding hydrogens is 252 g/mol. The average Bonchev–Trinajstić information content (AvgIpc) is 2.68. The monoisotopic (exact) mass is 272 g/mol. The molecule has 0 aromatic carbocycles. The molecule has 0 aliphatic heterocycles. The lowest BCUT2D eigenvalue weighted by atomic mass is 10.1. The second-order valence-electron chi connectivity index (χ2n) is 4.22. The number of nitrogens with zero attached hydrogens (tertiary/aromatic N) is 2. The number of hydrogen-bond acceptors (Lipinski definition) is 5. The van der Waals surface area contributed by atoms with E-state index in [0.717, 1.165) is 30.4 Å². The van der Waals surface area contributed by atoms with E-state index in [1.165, 1.54) is 6.92 Å². The first-order valence-electron chi connectivity index (χ1n) is 5.99.